The first kappa shape index (κ1) is 22.9. The van der Waals surface area contributed by atoms with Crippen molar-refractivity contribution in [3.05, 3.63) is 47.7 Å². The van der Waals surface area contributed by atoms with Crippen molar-refractivity contribution < 1.29 is 4.79 Å². The molecule has 0 saturated carbocycles. The molecule has 1 fully saturated rings. The van der Waals surface area contributed by atoms with E-state index in [4.69, 9.17) is 4.98 Å². The molecule has 1 saturated heterocycles. The summed E-state index contributed by atoms with van der Waals surface area (Å²) in [7, 11) is 0. The maximum Gasteiger partial charge on any atom is 0.254 e. The number of carbonyl (C=O) groups is 1. The fourth-order valence-electron chi connectivity index (χ4n) is 4.60. The minimum Gasteiger partial charge on any atom is -0.336 e. The van der Waals surface area contributed by atoms with Crippen molar-refractivity contribution >= 4 is 16.9 Å². The second kappa shape index (κ2) is 9.32. The standard InChI is InChI=1S/C26H32N6O/c1-17(2)24(15-27)30-10-12-31(13-11-30)26(33)21-14-23(20-9-7-6-8-19(20)5)29-25-22(21)16-28-32(25)18(3)4/h6-9,14,16-18,24H,10-13H2,1-5H3. The summed E-state index contributed by atoms with van der Waals surface area (Å²) >= 11 is 0. The van der Waals surface area contributed by atoms with E-state index in [1.54, 1.807) is 6.20 Å². The van der Waals surface area contributed by atoms with Gasteiger partial charge in [0.05, 0.1) is 28.9 Å². The van der Waals surface area contributed by atoms with Crippen molar-refractivity contribution in [2.75, 3.05) is 26.2 Å². The third kappa shape index (κ3) is 4.36. The molecule has 3 heterocycles. The minimum absolute atomic E-state index is 0.00163. The Bertz CT molecular complexity index is 1200. The SMILES string of the molecule is Cc1ccccc1-c1cc(C(=O)N2CCN(C(C#N)C(C)C)CC2)c2cnn(C(C)C)c2n1. The molecule has 0 N–H and O–H groups in total. The van der Waals surface area contributed by atoms with Gasteiger partial charge in [-0.05, 0) is 38.3 Å². The van der Waals surface area contributed by atoms with Crippen LogP contribution in [-0.4, -0.2) is 62.7 Å². The summed E-state index contributed by atoms with van der Waals surface area (Å²) in [5.41, 5.74) is 4.29. The Balaban J connectivity index is 1.71. The highest BCUT2D eigenvalue weighted by molar-refractivity contribution is 6.06. The summed E-state index contributed by atoms with van der Waals surface area (Å²) in [5.74, 6) is 0.258. The molecule has 1 aromatic carbocycles. The van der Waals surface area contributed by atoms with E-state index < -0.39 is 0 Å². The zero-order valence-electron chi connectivity index (χ0n) is 20.1. The third-order valence-corrected chi connectivity index (χ3v) is 6.47. The van der Waals surface area contributed by atoms with Gasteiger partial charge in [-0.15, -0.1) is 0 Å². The first-order chi connectivity index (χ1) is 15.8. The molecule has 0 radical (unpaired) electrons. The van der Waals surface area contributed by atoms with Crippen molar-refractivity contribution in [2.45, 2.75) is 46.7 Å². The predicted molar refractivity (Wildman–Crippen MR) is 130 cm³/mol. The largest absolute Gasteiger partial charge is 0.336 e. The van der Waals surface area contributed by atoms with Gasteiger partial charge in [-0.1, -0.05) is 38.1 Å². The first-order valence-corrected chi connectivity index (χ1v) is 11.7. The van der Waals surface area contributed by atoms with Crippen molar-refractivity contribution in [1.82, 2.24) is 24.6 Å². The second-order valence-corrected chi connectivity index (χ2v) is 9.44. The Morgan fingerprint density at radius 3 is 2.39 bits per heavy atom. The molecule has 172 valence electrons. The number of benzene rings is 1. The summed E-state index contributed by atoms with van der Waals surface area (Å²) in [5, 5.41) is 14.9. The molecule has 4 rings (SSSR count). The number of nitriles is 1. The molecular weight excluding hydrogens is 412 g/mol. The number of aromatic nitrogens is 3. The van der Waals surface area contributed by atoms with E-state index in [0.29, 0.717) is 31.7 Å². The Morgan fingerprint density at radius 1 is 1.09 bits per heavy atom. The van der Waals surface area contributed by atoms with Crippen molar-refractivity contribution in [2.24, 2.45) is 5.92 Å². The summed E-state index contributed by atoms with van der Waals surface area (Å²) in [6.45, 7) is 12.9. The van der Waals surface area contributed by atoms with Crippen LogP contribution in [0.4, 0.5) is 0 Å². The monoisotopic (exact) mass is 444 g/mol. The number of amides is 1. The molecule has 7 nitrogen and oxygen atoms in total. The lowest BCUT2D eigenvalue weighted by Crippen LogP contribution is -2.52. The summed E-state index contributed by atoms with van der Waals surface area (Å²) < 4.78 is 1.88. The topological polar surface area (TPSA) is 78.0 Å². The number of fused-ring (bicyclic) bond motifs is 1. The van der Waals surface area contributed by atoms with E-state index in [1.165, 1.54) is 0 Å². The van der Waals surface area contributed by atoms with Crippen LogP contribution in [-0.2, 0) is 0 Å². The molecule has 0 aliphatic carbocycles. The van der Waals surface area contributed by atoms with Crippen LogP contribution in [0.5, 0.6) is 0 Å². The van der Waals surface area contributed by atoms with Gasteiger partial charge in [0, 0.05) is 37.8 Å². The van der Waals surface area contributed by atoms with E-state index in [1.807, 2.05) is 33.8 Å². The van der Waals surface area contributed by atoms with E-state index >= 15 is 0 Å². The highest BCUT2D eigenvalue weighted by Crippen LogP contribution is 2.29. The number of rotatable bonds is 5. The average molecular weight is 445 g/mol. The maximum atomic E-state index is 13.7. The number of piperazine rings is 1. The van der Waals surface area contributed by atoms with Gasteiger partial charge in [-0.3, -0.25) is 9.69 Å². The molecular formula is C26H32N6O. The van der Waals surface area contributed by atoms with E-state index in [-0.39, 0.29) is 23.9 Å². The van der Waals surface area contributed by atoms with Gasteiger partial charge in [-0.2, -0.15) is 10.4 Å². The van der Waals surface area contributed by atoms with Crippen LogP contribution < -0.4 is 0 Å². The molecule has 1 aliphatic heterocycles. The highest BCUT2D eigenvalue weighted by atomic mass is 16.2. The Hall–Kier alpha value is -3.24. The fourth-order valence-corrected chi connectivity index (χ4v) is 4.60. The number of aryl methyl sites for hydroxylation is 1. The van der Waals surface area contributed by atoms with Crippen LogP contribution in [0.15, 0.2) is 36.5 Å². The maximum absolute atomic E-state index is 13.7. The van der Waals surface area contributed by atoms with Gasteiger partial charge < -0.3 is 4.90 Å². The average Bonchev–Trinajstić information content (AvgIpc) is 3.23. The molecule has 7 heteroatoms. The lowest BCUT2D eigenvalue weighted by Gasteiger charge is -2.38. The van der Waals surface area contributed by atoms with Gasteiger partial charge in [0.1, 0.15) is 6.04 Å². The number of pyridine rings is 1. The molecule has 1 aliphatic rings. The van der Waals surface area contributed by atoms with Crippen LogP contribution in [0.3, 0.4) is 0 Å². The van der Waals surface area contributed by atoms with Gasteiger partial charge in [0.15, 0.2) is 5.65 Å². The second-order valence-electron chi connectivity index (χ2n) is 9.44. The lowest BCUT2D eigenvalue weighted by molar-refractivity contribution is 0.0578. The van der Waals surface area contributed by atoms with Gasteiger partial charge in [0.2, 0.25) is 0 Å². The Morgan fingerprint density at radius 2 is 1.79 bits per heavy atom. The third-order valence-electron chi connectivity index (χ3n) is 6.47. The molecule has 1 unspecified atom stereocenters. The molecule has 1 atom stereocenters. The normalized spacial score (nSPS) is 15.9. The van der Waals surface area contributed by atoms with Crippen molar-refractivity contribution in [1.29, 1.82) is 5.26 Å². The van der Waals surface area contributed by atoms with Crippen molar-refractivity contribution in [3.63, 3.8) is 0 Å². The summed E-state index contributed by atoms with van der Waals surface area (Å²) in [6.07, 6.45) is 1.76. The number of carbonyl (C=O) groups excluding carboxylic acids is 1. The summed E-state index contributed by atoms with van der Waals surface area (Å²) in [6, 6.07) is 12.4. The summed E-state index contributed by atoms with van der Waals surface area (Å²) in [4.78, 5) is 22.7. The van der Waals surface area contributed by atoms with E-state index in [2.05, 4.69) is 56.8 Å². The van der Waals surface area contributed by atoms with Crippen LogP contribution >= 0.6 is 0 Å². The van der Waals surface area contributed by atoms with E-state index in [9.17, 15) is 10.1 Å². The quantitative estimate of drug-likeness (QED) is 0.586. The zero-order chi connectivity index (χ0) is 23.7. The van der Waals surface area contributed by atoms with Crippen LogP contribution in [0.25, 0.3) is 22.3 Å². The number of hydrogen-bond donors (Lipinski definition) is 0. The van der Waals surface area contributed by atoms with E-state index in [0.717, 1.165) is 27.9 Å². The lowest BCUT2D eigenvalue weighted by atomic mass is 10.0. The van der Waals surface area contributed by atoms with Crippen LogP contribution in [0.2, 0.25) is 0 Å². The molecule has 2 aromatic heterocycles. The molecule has 0 spiro atoms. The smallest absolute Gasteiger partial charge is 0.254 e. The van der Waals surface area contributed by atoms with Gasteiger partial charge in [-0.25, -0.2) is 9.67 Å². The Labute approximate surface area is 195 Å². The minimum atomic E-state index is -0.119. The first-order valence-electron chi connectivity index (χ1n) is 11.7. The molecule has 33 heavy (non-hydrogen) atoms. The number of hydrogen-bond acceptors (Lipinski definition) is 5. The van der Waals surface area contributed by atoms with Crippen molar-refractivity contribution in [3.8, 4) is 17.3 Å². The molecule has 3 aromatic rings. The molecule has 1 amide bonds. The van der Waals surface area contributed by atoms with Crippen LogP contribution in [0.1, 0.15) is 49.7 Å². The number of nitrogens with zero attached hydrogens (tertiary/aromatic N) is 6. The van der Waals surface area contributed by atoms with Crippen LogP contribution in [0, 0.1) is 24.2 Å². The fraction of sp³-hybridized carbons (Fsp3) is 0.462. The van der Waals surface area contributed by atoms with Gasteiger partial charge in [0.25, 0.3) is 5.91 Å². The Kier molecular flexibility index (Phi) is 6.48. The van der Waals surface area contributed by atoms with Gasteiger partial charge >= 0.3 is 0 Å². The predicted octanol–water partition coefficient (Wildman–Crippen LogP) is 4.29. The highest BCUT2D eigenvalue weighted by Gasteiger charge is 2.29. The molecule has 0 bridgehead atoms. The zero-order valence-corrected chi connectivity index (χ0v) is 20.1.